The SMILES string of the molecule is COc1cc(C(C)c2c(C=Cc3ccc(O)cc3)cc(OC)c(C(C)c3cc(OC)c(O)c(OC)c3)c2OC)cc(OC)c1O. The minimum Gasteiger partial charge on any atom is -0.508 e. The van der Waals surface area contributed by atoms with Gasteiger partial charge in [-0.3, -0.25) is 0 Å². The van der Waals surface area contributed by atoms with Gasteiger partial charge in [-0.2, -0.15) is 0 Å². The van der Waals surface area contributed by atoms with E-state index in [1.54, 1.807) is 50.6 Å². The summed E-state index contributed by atoms with van der Waals surface area (Å²) in [6, 6.07) is 15.9. The van der Waals surface area contributed by atoms with Crippen molar-refractivity contribution in [1.82, 2.24) is 0 Å². The van der Waals surface area contributed by atoms with E-state index in [9.17, 15) is 15.3 Å². The Balaban J connectivity index is 2.02. The molecule has 0 spiro atoms. The Morgan fingerprint density at radius 3 is 1.33 bits per heavy atom. The zero-order valence-electron chi connectivity index (χ0n) is 26.8. The molecule has 0 saturated heterocycles. The molecule has 0 heterocycles. The van der Waals surface area contributed by atoms with Crippen molar-refractivity contribution in [3.63, 3.8) is 0 Å². The summed E-state index contributed by atoms with van der Waals surface area (Å²) >= 11 is 0. The summed E-state index contributed by atoms with van der Waals surface area (Å²) < 4.78 is 34.0. The van der Waals surface area contributed by atoms with Gasteiger partial charge in [0.2, 0.25) is 11.5 Å². The first-order valence-electron chi connectivity index (χ1n) is 14.3. The second-order valence-electron chi connectivity index (χ2n) is 10.4. The number of phenols is 3. The van der Waals surface area contributed by atoms with Crippen molar-refractivity contribution in [3.8, 4) is 51.7 Å². The van der Waals surface area contributed by atoms with Crippen LogP contribution in [0.2, 0.25) is 0 Å². The van der Waals surface area contributed by atoms with E-state index in [-0.39, 0.29) is 52.1 Å². The minimum absolute atomic E-state index is 0.0883. The molecule has 0 radical (unpaired) electrons. The summed E-state index contributed by atoms with van der Waals surface area (Å²) in [6.07, 6.45) is 3.92. The van der Waals surface area contributed by atoms with Gasteiger partial charge in [0.1, 0.15) is 17.2 Å². The van der Waals surface area contributed by atoms with Crippen LogP contribution in [0.15, 0.2) is 54.6 Å². The lowest BCUT2D eigenvalue weighted by Crippen LogP contribution is -2.10. The Labute approximate surface area is 263 Å². The zero-order chi connectivity index (χ0) is 32.8. The number of methoxy groups -OCH3 is 6. The molecule has 238 valence electrons. The topological polar surface area (TPSA) is 116 Å². The summed E-state index contributed by atoms with van der Waals surface area (Å²) in [5, 5.41) is 30.9. The Morgan fingerprint density at radius 1 is 0.511 bits per heavy atom. The molecule has 2 unspecified atom stereocenters. The summed E-state index contributed by atoms with van der Waals surface area (Å²) in [5.74, 6) is 1.71. The van der Waals surface area contributed by atoms with E-state index in [2.05, 4.69) is 0 Å². The number of aromatic hydroxyl groups is 3. The molecule has 0 aliphatic rings. The third kappa shape index (κ3) is 6.52. The molecule has 9 heteroatoms. The van der Waals surface area contributed by atoms with Crippen LogP contribution in [-0.2, 0) is 0 Å². The molecule has 0 fully saturated rings. The molecule has 45 heavy (non-hydrogen) atoms. The monoisotopic (exact) mass is 616 g/mol. The molecule has 0 saturated carbocycles. The van der Waals surface area contributed by atoms with Gasteiger partial charge in [-0.15, -0.1) is 0 Å². The van der Waals surface area contributed by atoms with Crippen molar-refractivity contribution in [2.24, 2.45) is 0 Å². The van der Waals surface area contributed by atoms with Crippen molar-refractivity contribution >= 4 is 12.2 Å². The minimum atomic E-state index is -0.303. The van der Waals surface area contributed by atoms with Crippen LogP contribution < -0.4 is 28.4 Å². The predicted octanol–water partition coefficient (Wildman–Crippen LogP) is 7.33. The van der Waals surface area contributed by atoms with Crippen LogP contribution in [0.5, 0.6) is 51.7 Å². The van der Waals surface area contributed by atoms with E-state index >= 15 is 0 Å². The highest BCUT2D eigenvalue weighted by molar-refractivity contribution is 5.76. The molecule has 3 N–H and O–H groups in total. The lowest BCUT2D eigenvalue weighted by molar-refractivity contribution is 0.338. The number of hydrogen-bond acceptors (Lipinski definition) is 9. The summed E-state index contributed by atoms with van der Waals surface area (Å²) in [4.78, 5) is 0. The van der Waals surface area contributed by atoms with E-state index in [0.29, 0.717) is 11.5 Å². The fraction of sp³-hybridized carbons (Fsp3) is 0.278. The van der Waals surface area contributed by atoms with Gasteiger partial charge >= 0.3 is 0 Å². The highest BCUT2D eigenvalue weighted by Gasteiger charge is 2.29. The Kier molecular flexibility index (Phi) is 10.2. The van der Waals surface area contributed by atoms with Crippen molar-refractivity contribution in [2.45, 2.75) is 25.7 Å². The fourth-order valence-corrected chi connectivity index (χ4v) is 5.50. The number of benzene rings is 4. The molecule has 9 nitrogen and oxygen atoms in total. The first-order valence-corrected chi connectivity index (χ1v) is 14.3. The van der Waals surface area contributed by atoms with Crippen LogP contribution in [0.25, 0.3) is 12.2 Å². The van der Waals surface area contributed by atoms with Crippen LogP contribution in [-0.4, -0.2) is 58.0 Å². The quantitative estimate of drug-likeness (QED) is 0.141. The Morgan fingerprint density at radius 2 is 0.933 bits per heavy atom. The van der Waals surface area contributed by atoms with Gasteiger partial charge in [-0.05, 0) is 64.7 Å². The van der Waals surface area contributed by atoms with Crippen LogP contribution in [0.3, 0.4) is 0 Å². The van der Waals surface area contributed by atoms with Crippen molar-refractivity contribution in [2.75, 3.05) is 42.7 Å². The number of hydrogen-bond donors (Lipinski definition) is 3. The van der Waals surface area contributed by atoms with Gasteiger partial charge < -0.3 is 43.7 Å². The molecular formula is C36H40O9. The first-order chi connectivity index (χ1) is 21.6. The van der Waals surface area contributed by atoms with E-state index < -0.39 is 0 Å². The largest absolute Gasteiger partial charge is 0.508 e. The van der Waals surface area contributed by atoms with E-state index in [4.69, 9.17) is 28.4 Å². The summed E-state index contributed by atoms with van der Waals surface area (Å²) in [7, 11) is 9.17. The number of ether oxygens (including phenoxy) is 6. The highest BCUT2D eigenvalue weighted by atomic mass is 16.5. The second-order valence-corrected chi connectivity index (χ2v) is 10.4. The molecular weight excluding hydrogens is 576 g/mol. The molecule has 4 rings (SSSR count). The molecule has 0 aliphatic carbocycles. The molecule has 4 aromatic carbocycles. The maximum Gasteiger partial charge on any atom is 0.200 e. The van der Waals surface area contributed by atoms with Crippen molar-refractivity contribution in [1.29, 1.82) is 0 Å². The van der Waals surface area contributed by atoms with Gasteiger partial charge in [0.25, 0.3) is 0 Å². The van der Waals surface area contributed by atoms with Crippen LogP contribution in [0.1, 0.15) is 59.1 Å². The molecule has 0 aliphatic heterocycles. The average molecular weight is 617 g/mol. The second kappa shape index (κ2) is 14.1. The van der Waals surface area contributed by atoms with Crippen LogP contribution in [0.4, 0.5) is 0 Å². The summed E-state index contributed by atoms with van der Waals surface area (Å²) in [6.45, 7) is 4.05. The van der Waals surface area contributed by atoms with E-state index in [0.717, 1.165) is 33.4 Å². The van der Waals surface area contributed by atoms with Gasteiger partial charge in [-0.1, -0.05) is 38.1 Å². The molecule has 0 bridgehead atoms. The lowest BCUT2D eigenvalue weighted by atomic mass is 9.82. The smallest absolute Gasteiger partial charge is 0.200 e. The zero-order valence-corrected chi connectivity index (χ0v) is 26.8. The third-order valence-electron chi connectivity index (χ3n) is 8.00. The molecule has 4 aromatic rings. The predicted molar refractivity (Wildman–Crippen MR) is 174 cm³/mol. The molecule has 2 atom stereocenters. The maximum absolute atomic E-state index is 10.6. The van der Waals surface area contributed by atoms with E-state index in [1.165, 1.54) is 28.4 Å². The molecule has 0 aromatic heterocycles. The number of phenolic OH excluding ortho intramolecular Hbond substituents is 3. The molecule has 0 amide bonds. The standard InChI is InChI=1S/C36H40O9/c1-20(24-16-28(41-4)34(38)29(17-24)42-5)32-23(12-9-22-10-13-26(37)14-11-22)15-27(40-3)33(36(32)45-8)21(2)25-18-30(43-6)35(39)31(19-25)44-7/h9-21,37-39H,1-8H3. The van der Waals surface area contributed by atoms with Crippen molar-refractivity contribution in [3.05, 3.63) is 88.0 Å². The highest BCUT2D eigenvalue weighted by Crippen LogP contribution is 2.50. The number of rotatable bonds is 12. The van der Waals surface area contributed by atoms with Gasteiger partial charge in [0, 0.05) is 23.0 Å². The Bertz CT molecular complexity index is 1630. The lowest BCUT2D eigenvalue weighted by Gasteiger charge is -2.27. The first kappa shape index (κ1) is 32.7. The van der Waals surface area contributed by atoms with Gasteiger partial charge in [0.05, 0.1) is 42.7 Å². The van der Waals surface area contributed by atoms with E-state index in [1.807, 2.05) is 44.2 Å². The van der Waals surface area contributed by atoms with Gasteiger partial charge in [0.15, 0.2) is 23.0 Å². The normalized spacial score (nSPS) is 12.4. The van der Waals surface area contributed by atoms with Gasteiger partial charge in [-0.25, -0.2) is 0 Å². The van der Waals surface area contributed by atoms with Crippen molar-refractivity contribution < 1.29 is 43.7 Å². The maximum atomic E-state index is 10.6. The summed E-state index contributed by atoms with van der Waals surface area (Å²) in [5.41, 5.74) is 4.96. The average Bonchev–Trinajstić information content (AvgIpc) is 3.06. The van der Waals surface area contributed by atoms with Crippen LogP contribution in [0, 0.1) is 0 Å². The Hall–Kier alpha value is -5.18. The third-order valence-corrected chi connectivity index (χ3v) is 8.00. The van der Waals surface area contributed by atoms with Crippen LogP contribution >= 0.6 is 0 Å². The fourth-order valence-electron chi connectivity index (χ4n) is 5.50.